The zero-order valence-corrected chi connectivity index (χ0v) is 16.1. The fourth-order valence-electron chi connectivity index (χ4n) is 3.91. The van der Waals surface area contributed by atoms with E-state index in [-0.39, 0.29) is 24.7 Å². The van der Waals surface area contributed by atoms with Crippen molar-refractivity contribution in [2.24, 2.45) is 11.8 Å². The second kappa shape index (κ2) is 8.39. The van der Waals surface area contributed by atoms with Crippen LogP contribution in [0.4, 0.5) is 0 Å². The molecule has 0 saturated carbocycles. The zero-order chi connectivity index (χ0) is 19.4. The molecule has 2 atom stereocenters. The number of aliphatic carboxylic acids is 1. The summed E-state index contributed by atoms with van der Waals surface area (Å²) in [6.45, 7) is 1.39. The second-order valence-electron chi connectivity index (χ2n) is 7.40. The summed E-state index contributed by atoms with van der Waals surface area (Å²) in [6, 6.07) is 9.02. The van der Waals surface area contributed by atoms with E-state index >= 15 is 0 Å². The Kier molecular flexibility index (Phi) is 6.16. The van der Waals surface area contributed by atoms with Gasteiger partial charge in [-0.15, -0.1) is 0 Å². The van der Waals surface area contributed by atoms with Crippen molar-refractivity contribution in [1.82, 2.24) is 9.21 Å². The maximum absolute atomic E-state index is 12.9. The molecule has 1 amide bonds. The van der Waals surface area contributed by atoms with Crippen LogP contribution in [0.1, 0.15) is 31.2 Å². The number of benzene rings is 1. The van der Waals surface area contributed by atoms with Gasteiger partial charge in [-0.3, -0.25) is 9.59 Å². The van der Waals surface area contributed by atoms with Gasteiger partial charge in [0, 0.05) is 26.2 Å². The third kappa shape index (κ3) is 4.87. The summed E-state index contributed by atoms with van der Waals surface area (Å²) in [7, 11) is -3.49. The predicted molar refractivity (Wildman–Crippen MR) is 100 cm³/mol. The van der Waals surface area contributed by atoms with Crippen LogP contribution < -0.4 is 0 Å². The van der Waals surface area contributed by atoms with Gasteiger partial charge in [0.2, 0.25) is 15.9 Å². The van der Waals surface area contributed by atoms with Crippen LogP contribution in [0, 0.1) is 11.8 Å². The number of sulfonamides is 1. The van der Waals surface area contributed by atoms with Crippen LogP contribution in [-0.2, 0) is 25.4 Å². The summed E-state index contributed by atoms with van der Waals surface area (Å²) < 4.78 is 26.9. The number of rotatable bonds is 5. The lowest BCUT2D eigenvalue weighted by Gasteiger charge is -2.37. The van der Waals surface area contributed by atoms with E-state index in [9.17, 15) is 23.1 Å². The molecule has 1 aromatic rings. The van der Waals surface area contributed by atoms with E-state index < -0.39 is 27.8 Å². The van der Waals surface area contributed by atoms with Gasteiger partial charge < -0.3 is 10.0 Å². The van der Waals surface area contributed by atoms with E-state index in [1.807, 2.05) is 18.2 Å². The van der Waals surface area contributed by atoms with Crippen LogP contribution in [0.25, 0.3) is 0 Å². The fraction of sp³-hybridized carbons (Fsp3) is 0.579. The number of carbonyl (C=O) groups excluding carboxylic acids is 1. The van der Waals surface area contributed by atoms with E-state index in [2.05, 4.69) is 0 Å². The minimum absolute atomic E-state index is 0.0699. The molecule has 2 saturated heterocycles. The lowest BCUT2D eigenvalue weighted by molar-refractivity contribution is -0.147. The van der Waals surface area contributed by atoms with Gasteiger partial charge in [-0.25, -0.2) is 12.7 Å². The van der Waals surface area contributed by atoms with Crippen molar-refractivity contribution in [3.63, 3.8) is 0 Å². The first-order valence-corrected chi connectivity index (χ1v) is 11.0. The van der Waals surface area contributed by atoms with Gasteiger partial charge in [-0.1, -0.05) is 30.3 Å². The average Bonchev–Trinajstić information content (AvgIpc) is 2.68. The van der Waals surface area contributed by atoms with Crippen LogP contribution in [0.15, 0.2) is 30.3 Å². The lowest BCUT2D eigenvalue weighted by atomic mass is 9.94. The molecule has 1 aromatic carbocycles. The molecule has 0 aliphatic carbocycles. The van der Waals surface area contributed by atoms with Crippen molar-refractivity contribution >= 4 is 21.9 Å². The number of carboxylic acids is 1. The molecule has 8 heteroatoms. The van der Waals surface area contributed by atoms with Gasteiger partial charge in [0.1, 0.15) is 0 Å². The molecule has 148 valence electrons. The van der Waals surface area contributed by atoms with Gasteiger partial charge in [0.25, 0.3) is 0 Å². The number of hydrogen-bond donors (Lipinski definition) is 1. The van der Waals surface area contributed by atoms with E-state index in [0.717, 1.165) is 5.56 Å². The van der Waals surface area contributed by atoms with Crippen LogP contribution in [0.3, 0.4) is 0 Å². The Morgan fingerprint density at radius 2 is 1.67 bits per heavy atom. The zero-order valence-electron chi connectivity index (χ0n) is 15.3. The molecule has 2 heterocycles. The van der Waals surface area contributed by atoms with Crippen LogP contribution in [0.2, 0.25) is 0 Å². The van der Waals surface area contributed by atoms with Crippen molar-refractivity contribution in [3.05, 3.63) is 35.9 Å². The monoisotopic (exact) mass is 394 g/mol. The van der Waals surface area contributed by atoms with Crippen molar-refractivity contribution in [3.8, 4) is 0 Å². The number of piperidine rings is 2. The maximum Gasteiger partial charge on any atom is 0.308 e. The van der Waals surface area contributed by atoms with Gasteiger partial charge in [-0.05, 0) is 31.2 Å². The normalized spacial score (nSPS) is 24.5. The molecular formula is C19H26N2O5S. The first-order valence-electron chi connectivity index (χ1n) is 9.40. The van der Waals surface area contributed by atoms with E-state index in [4.69, 9.17) is 0 Å². The molecule has 0 spiro atoms. The largest absolute Gasteiger partial charge is 0.481 e. The summed E-state index contributed by atoms with van der Waals surface area (Å²) in [5.41, 5.74) is 0.728. The Bertz CT molecular complexity index is 781. The molecule has 3 rings (SSSR count). The summed E-state index contributed by atoms with van der Waals surface area (Å²) in [5.74, 6) is -1.97. The van der Waals surface area contributed by atoms with E-state index in [1.165, 1.54) is 4.31 Å². The van der Waals surface area contributed by atoms with Crippen molar-refractivity contribution in [2.75, 3.05) is 26.2 Å². The average molecular weight is 394 g/mol. The first-order chi connectivity index (χ1) is 12.9. The molecule has 2 unspecified atom stereocenters. The minimum Gasteiger partial charge on any atom is -0.481 e. The van der Waals surface area contributed by atoms with Gasteiger partial charge in [0.15, 0.2) is 0 Å². The van der Waals surface area contributed by atoms with Crippen LogP contribution in [-0.4, -0.2) is 60.8 Å². The highest BCUT2D eigenvalue weighted by atomic mass is 32.2. The molecule has 27 heavy (non-hydrogen) atoms. The number of nitrogens with zero attached hydrogens (tertiary/aromatic N) is 2. The Morgan fingerprint density at radius 3 is 2.37 bits per heavy atom. The number of carbonyl (C=O) groups is 2. The van der Waals surface area contributed by atoms with Gasteiger partial charge in [-0.2, -0.15) is 0 Å². The van der Waals surface area contributed by atoms with Crippen LogP contribution >= 0.6 is 0 Å². The van der Waals surface area contributed by atoms with E-state index in [0.29, 0.717) is 38.8 Å². The topological polar surface area (TPSA) is 95.0 Å². The van der Waals surface area contributed by atoms with Crippen LogP contribution in [0.5, 0.6) is 0 Å². The number of likely N-dealkylation sites (tertiary alicyclic amines) is 1. The summed E-state index contributed by atoms with van der Waals surface area (Å²) >= 11 is 0. The summed E-state index contributed by atoms with van der Waals surface area (Å²) in [5, 5.41) is 9.21. The Hall–Kier alpha value is -1.93. The third-order valence-corrected chi connectivity index (χ3v) is 7.22. The quantitative estimate of drug-likeness (QED) is 0.818. The molecule has 1 N–H and O–H groups in total. The van der Waals surface area contributed by atoms with Crippen molar-refractivity contribution in [1.29, 1.82) is 0 Å². The predicted octanol–water partition coefficient (Wildman–Crippen LogP) is 1.55. The molecular weight excluding hydrogens is 368 g/mol. The maximum atomic E-state index is 12.9. The van der Waals surface area contributed by atoms with Crippen molar-refractivity contribution < 1.29 is 23.1 Å². The molecule has 0 bridgehead atoms. The highest BCUT2D eigenvalue weighted by molar-refractivity contribution is 7.88. The number of hydrogen-bond acceptors (Lipinski definition) is 4. The molecule has 7 nitrogen and oxygen atoms in total. The molecule has 2 aliphatic heterocycles. The number of amides is 1. The van der Waals surface area contributed by atoms with Crippen molar-refractivity contribution in [2.45, 2.75) is 31.4 Å². The smallest absolute Gasteiger partial charge is 0.308 e. The standard InChI is InChI=1S/C19H26N2O5S/c22-18(20-10-4-9-17(12-20)19(23)24)16-8-5-11-21(13-16)27(25,26)14-15-6-2-1-3-7-15/h1-3,6-7,16-17H,4-5,8-14H2,(H,23,24). The lowest BCUT2D eigenvalue weighted by Crippen LogP contribution is -2.50. The molecule has 0 aromatic heterocycles. The Labute approximate surface area is 160 Å². The van der Waals surface area contributed by atoms with Gasteiger partial charge >= 0.3 is 5.97 Å². The third-order valence-electron chi connectivity index (χ3n) is 5.40. The molecule has 0 radical (unpaired) electrons. The molecule has 2 aliphatic rings. The Balaban J connectivity index is 1.65. The highest BCUT2D eigenvalue weighted by Gasteiger charge is 2.36. The first kappa shape index (κ1) is 19.8. The minimum atomic E-state index is -3.49. The fourth-order valence-corrected chi connectivity index (χ4v) is 5.52. The Morgan fingerprint density at radius 1 is 1.00 bits per heavy atom. The summed E-state index contributed by atoms with van der Waals surface area (Å²) in [6.07, 6.45) is 2.54. The second-order valence-corrected chi connectivity index (χ2v) is 9.37. The highest BCUT2D eigenvalue weighted by Crippen LogP contribution is 2.25. The number of carboxylic acid groups (broad SMARTS) is 1. The van der Waals surface area contributed by atoms with E-state index in [1.54, 1.807) is 17.0 Å². The molecule has 2 fully saturated rings. The van der Waals surface area contributed by atoms with Gasteiger partial charge in [0.05, 0.1) is 17.6 Å². The summed E-state index contributed by atoms with van der Waals surface area (Å²) in [4.78, 5) is 25.7. The SMILES string of the molecule is O=C(O)C1CCCN(C(=O)C2CCCN(S(=O)(=O)Cc3ccccc3)C2)C1.